The summed E-state index contributed by atoms with van der Waals surface area (Å²) in [6.45, 7) is 2.52. The highest BCUT2D eigenvalue weighted by Crippen LogP contribution is 2.41. The number of rotatable bonds is 6. The van der Waals surface area contributed by atoms with Crippen LogP contribution in [0.2, 0.25) is 0 Å². The van der Waals surface area contributed by atoms with E-state index >= 15 is 0 Å². The molecule has 2 aromatic carbocycles. The molecule has 0 amide bonds. The van der Waals surface area contributed by atoms with Crippen molar-refractivity contribution in [1.82, 2.24) is 0 Å². The molecule has 0 atom stereocenters. The van der Waals surface area contributed by atoms with E-state index in [1.165, 1.54) is 0 Å². The molecule has 0 fully saturated rings. The normalized spacial score (nSPS) is 10.7. The van der Waals surface area contributed by atoms with E-state index in [1.54, 1.807) is 24.3 Å². The number of anilines is 1. The maximum Gasteiger partial charge on any atom is 0.338 e. The molecule has 0 spiro atoms. The lowest BCUT2D eigenvalue weighted by atomic mass is 9.90. The lowest BCUT2D eigenvalue weighted by molar-refractivity contribution is 0.0499. The highest BCUT2D eigenvalue weighted by atomic mass is 35.5. The van der Waals surface area contributed by atoms with Gasteiger partial charge in [0.1, 0.15) is 11.3 Å². The predicted octanol–water partition coefficient (Wildman–Crippen LogP) is 6.04. The van der Waals surface area contributed by atoms with Gasteiger partial charge in [0.2, 0.25) is 0 Å². The Morgan fingerprint density at radius 3 is 2.65 bits per heavy atom. The van der Waals surface area contributed by atoms with Gasteiger partial charge < -0.3 is 20.3 Å². The van der Waals surface area contributed by atoms with E-state index in [0.717, 1.165) is 41.3 Å². The van der Waals surface area contributed by atoms with Crippen LogP contribution >= 0.6 is 12.4 Å². The number of hydrogen-bond acceptors (Lipinski definition) is 5. The molecule has 0 aromatic heterocycles. The molecule has 5 nitrogen and oxygen atoms in total. The third kappa shape index (κ3) is 4.57. The second kappa shape index (κ2) is 9.67. The molecular formula is C25H25ClN2O3. The van der Waals surface area contributed by atoms with Crippen LogP contribution in [-0.4, -0.2) is 12.6 Å². The summed E-state index contributed by atoms with van der Waals surface area (Å²) in [7, 11) is 0. The van der Waals surface area contributed by atoms with Gasteiger partial charge in [-0.05, 0) is 42.3 Å². The number of nitrogen functional groups attached to an aromatic ring is 1. The van der Waals surface area contributed by atoms with Gasteiger partial charge in [0.15, 0.2) is 0 Å². The molecular weight excluding hydrogens is 412 g/mol. The van der Waals surface area contributed by atoms with Gasteiger partial charge in [0.05, 0.1) is 17.5 Å². The molecule has 0 unspecified atom stereocenters. The number of carbonyl (C=O) groups is 1. The van der Waals surface area contributed by atoms with E-state index in [2.05, 4.69) is 6.92 Å². The zero-order valence-electron chi connectivity index (χ0n) is 17.3. The van der Waals surface area contributed by atoms with Crippen LogP contribution in [0.3, 0.4) is 0 Å². The third-order valence-corrected chi connectivity index (χ3v) is 5.14. The Hall–Kier alpha value is -3.31. The maximum atomic E-state index is 12.9. The SMILES string of the molecule is CCCCCOC(=O)c1ccccc1-c1c2ccc(=N)cc-2oc2cc(N)ccc12.Cl. The van der Waals surface area contributed by atoms with Crippen molar-refractivity contribution >= 4 is 35.0 Å². The van der Waals surface area contributed by atoms with Gasteiger partial charge in [-0.15, -0.1) is 12.4 Å². The monoisotopic (exact) mass is 436 g/mol. The molecule has 0 bridgehead atoms. The fraction of sp³-hybridized carbons (Fsp3) is 0.200. The number of benzene rings is 3. The maximum absolute atomic E-state index is 12.9. The predicted molar refractivity (Wildman–Crippen MR) is 126 cm³/mol. The minimum Gasteiger partial charge on any atom is -0.462 e. The first-order valence-electron chi connectivity index (χ1n) is 10.2. The van der Waals surface area contributed by atoms with Gasteiger partial charge in [-0.25, -0.2) is 4.79 Å². The molecule has 0 radical (unpaired) electrons. The molecule has 2 aromatic rings. The Labute approximate surface area is 187 Å². The molecule has 1 aliphatic carbocycles. The van der Waals surface area contributed by atoms with Gasteiger partial charge in [0.25, 0.3) is 0 Å². The first-order chi connectivity index (χ1) is 14.6. The summed E-state index contributed by atoms with van der Waals surface area (Å²) in [6.07, 6.45) is 2.95. The summed E-state index contributed by atoms with van der Waals surface area (Å²) in [5.74, 6) is 0.234. The Kier molecular flexibility index (Phi) is 6.98. The van der Waals surface area contributed by atoms with Gasteiger partial charge in [-0.1, -0.05) is 38.0 Å². The molecule has 0 saturated carbocycles. The Morgan fingerprint density at radius 2 is 1.84 bits per heavy atom. The van der Waals surface area contributed by atoms with Crippen LogP contribution in [-0.2, 0) is 4.74 Å². The van der Waals surface area contributed by atoms with E-state index in [-0.39, 0.29) is 18.4 Å². The summed E-state index contributed by atoms with van der Waals surface area (Å²) in [4.78, 5) is 12.9. The summed E-state index contributed by atoms with van der Waals surface area (Å²) < 4.78 is 11.6. The smallest absolute Gasteiger partial charge is 0.338 e. The standard InChI is InChI=1S/C25H24N2O3.ClH/c1-2-3-6-13-29-25(28)19-8-5-4-7-18(19)24-20-11-9-16(26)14-22(20)30-23-15-17(27)10-12-21(23)24;/h4-5,7-12,14-15,26H,2-3,6,13,27H2,1H3;1H. The van der Waals surface area contributed by atoms with Crippen molar-refractivity contribution < 1.29 is 13.9 Å². The molecule has 0 saturated heterocycles. The van der Waals surface area contributed by atoms with Crippen LogP contribution in [0, 0.1) is 5.41 Å². The van der Waals surface area contributed by atoms with Gasteiger partial charge in [-0.3, -0.25) is 0 Å². The molecule has 6 heteroatoms. The third-order valence-electron chi connectivity index (χ3n) is 5.14. The molecule has 3 N–H and O–H groups in total. The fourth-order valence-corrected chi connectivity index (χ4v) is 3.67. The molecule has 1 heterocycles. The quantitative estimate of drug-likeness (QED) is 0.167. The van der Waals surface area contributed by atoms with Crippen LogP contribution in [0.15, 0.2) is 65.1 Å². The topological polar surface area (TPSA) is 89.3 Å². The van der Waals surface area contributed by atoms with Crippen molar-refractivity contribution in [1.29, 1.82) is 5.41 Å². The number of nitrogens with two attached hydrogens (primary N) is 1. The van der Waals surface area contributed by atoms with Crippen molar-refractivity contribution in [2.45, 2.75) is 26.2 Å². The number of unbranched alkanes of at least 4 members (excludes halogenated alkanes) is 2. The lowest BCUT2D eigenvalue weighted by Crippen LogP contribution is -2.09. The van der Waals surface area contributed by atoms with Crippen molar-refractivity contribution in [3.63, 3.8) is 0 Å². The Morgan fingerprint density at radius 1 is 1.03 bits per heavy atom. The summed E-state index contributed by atoms with van der Waals surface area (Å²) in [5, 5.41) is 9.16. The minimum absolute atomic E-state index is 0. The Bertz CT molecular complexity index is 1250. The van der Waals surface area contributed by atoms with Crippen molar-refractivity contribution in [2.75, 3.05) is 12.3 Å². The van der Waals surface area contributed by atoms with Crippen molar-refractivity contribution in [2.24, 2.45) is 0 Å². The molecule has 1 aliphatic heterocycles. The van der Waals surface area contributed by atoms with E-state index in [1.807, 2.05) is 36.4 Å². The highest BCUT2D eigenvalue weighted by molar-refractivity contribution is 6.08. The Balaban J connectivity index is 0.00000272. The number of carbonyl (C=O) groups excluding carboxylic acids is 1. The van der Waals surface area contributed by atoms with Crippen LogP contribution in [0.1, 0.15) is 36.5 Å². The number of nitrogens with one attached hydrogen (secondary N) is 1. The average Bonchev–Trinajstić information content (AvgIpc) is 2.74. The fourth-order valence-electron chi connectivity index (χ4n) is 3.67. The summed E-state index contributed by atoms with van der Waals surface area (Å²) >= 11 is 0. The van der Waals surface area contributed by atoms with E-state index in [9.17, 15) is 4.79 Å². The zero-order chi connectivity index (χ0) is 21.1. The molecule has 4 rings (SSSR count). The highest BCUT2D eigenvalue weighted by Gasteiger charge is 2.21. The number of hydrogen-bond donors (Lipinski definition) is 2. The number of halogens is 1. The van der Waals surface area contributed by atoms with Crippen LogP contribution in [0.25, 0.3) is 33.4 Å². The van der Waals surface area contributed by atoms with Crippen LogP contribution in [0.4, 0.5) is 5.69 Å². The van der Waals surface area contributed by atoms with Gasteiger partial charge >= 0.3 is 5.97 Å². The average molecular weight is 437 g/mol. The summed E-state index contributed by atoms with van der Waals surface area (Å²) in [5.41, 5.74) is 10.1. The first kappa shape index (κ1) is 22.4. The molecule has 31 heavy (non-hydrogen) atoms. The van der Waals surface area contributed by atoms with Gasteiger partial charge in [0, 0.05) is 34.3 Å². The van der Waals surface area contributed by atoms with Crippen molar-refractivity contribution in [3.8, 4) is 22.5 Å². The number of fused-ring (bicyclic) bond motifs is 2. The number of ether oxygens (including phenoxy) is 1. The zero-order valence-corrected chi connectivity index (χ0v) is 18.1. The van der Waals surface area contributed by atoms with E-state index in [4.69, 9.17) is 20.3 Å². The van der Waals surface area contributed by atoms with Crippen LogP contribution in [0.5, 0.6) is 0 Å². The second-order valence-electron chi connectivity index (χ2n) is 7.33. The first-order valence-corrected chi connectivity index (χ1v) is 10.2. The van der Waals surface area contributed by atoms with Crippen LogP contribution < -0.4 is 11.1 Å². The molecule has 160 valence electrons. The lowest BCUT2D eigenvalue weighted by Gasteiger charge is -2.17. The van der Waals surface area contributed by atoms with E-state index in [0.29, 0.717) is 34.6 Å². The van der Waals surface area contributed by atoms with Crippen molar-refractivity contribution in [3.05, 3.63) is 71.6 Å². The second-order valence-corrected chi connectivity index (χ2v) is 7.33. The minimum atomic E-state index is -0.337. The summed E-state index contributed by atoms with van der Waals surface area (Å²) in [6, 6.07) is 18.2. The van der Waals surface area contributed by atoms with E-state index < -0.39 is 0 Å². The molecule has 2 aliphatic rings. The number of esters is 1. The van der Waals surface area contributed by atoms with Gasteiger partial charge in [-0.2, -0.15) is 0 Å². The largest absolute Gasteiger partial charge is 0.462 e.